The minimum Gasteiger partial charge on any atom is -0.385 e. The van der Waals surface area contributed by atoms with E-state index >= 15 is 0 Å². The molecular weight excluding hydrogens is 192 g/mol. The first-order valence-corrected chi connectivity index (χ1v) is 5.64. The van der Waals surface area contributed by atoms with Crippen molar-refractivity contribution in [3.8, 4) is 0 Å². The zero-order valence-electron chi connectivity index (χ0n) is 10.1. The summed E-state index contributed by atoms with van der Waals surface area (Å²) in [5, 5.41) is 2.91. The maximum atomic E-state index is 11.5. The maximum Gasteiger partial charge on any atom is 0.221 e. The first kappa shape index (κ1) is 14.4. The summed E-state index contributed by atoms with van der Waals surface area (Å²) in [5.74, 6) is 0.0413. The maximum absolute atomic E-state index is 11.5. The molecule has 4 heteroatoms. The van der Waals surface area contributed by atoms with Crippen LogP contribution in [0, 0.1) is 0 Å². The molecule has 0 saturated carbocycles. The van der Waals surface area contributed by atoms with Gasteiger partial charge in [0.2, 0.25) is 5.91 Å². The van der Waals surface area contributed by atoms with E-state index in [2.05, 4.69) is 12.2 Å². The van der Waals surface area contributed by atoms with Crippen LogP contribution in [0.15, 0.2) is 0 Å². The van der Waals surface area contributed by atoms with E-state index in [1.165, 1.54) is 0 Å². The van der Waals surface area contributed by atoms with Gasteiger partial charge in [-0.25, -0.2) is 0 Å². The number of amides is 1. The van der Waals surface area contributed by atoms with Crippen molar-refractivity contribution in [3.05, 3.63) is 0 Å². The average molecular weight is 216 g/mol. The van der Waals surface area contributed by atoms with Crippen LogP contribution >= 0.6 is 0 Å². The highest BCUT2D eigenvalue weighted by atomic mass is 16.5. The van der Waals surface area contributed by atoms with Gasteiger partial charge in [-0.3, -0.25) is 4.79 Å². The second kappa shape index (κ2) is 8.68. The molecule has 3 N–H and O–H groups in total. The quantitative estimate of drug-likeness (QED) is 0.637. The molecule has 0 fully saturated rings. The lowest BCUT2D eigenvalue weighted by Crippen LogP contribution is -2.37. The molecule has 2 unspecified atom stereocenters. The summed E-state index contributed by atoms with van der Waals surface area (Å²) in [7, 11) is 1.66. The van der Waals surface area contributed by atoms with E-state index in [0.717, 1.165) is 19.3 Å². The molecule has 0 aliphatic heterocycles. The summed E-state index contributed by atoms with van der Waals surface area (Å²) in [4.78, 5) is 11.5. The third kappa shape index (κ3) is 8.39. The number of methoxy groups -OCH3 is 1. The Morgan fingerprint density at radius 2 is 2.13 bits per heavy atom. The van der Waals surface area contributed by atoms with Crippen molar-refractivity contribution in [2.45, 2.75) is 51.6 Å². The Bertz CT molecular complexity index is 174. The SMILES string of the molecule is CCCC(N)CC(=O)NC(C)CCOC. The third-order valence-electron chi connectivity index (χ3n) is 2.27. The van der Waals surface area contributed by atoms with Gasteiger partial charge in [0.15, 0.2) is 0 Å². The fourth-order valence-corrected chi connectivity index (χ4v) is 1.41. The zero-order chi connectivity index (χ0) is 11.7. The van der Waals surface area contributed by atoms with E-state index in [9.17, 15) is 4.79 Å². The molecule has 0 spiro atoms. The largest absolute Gasteiger partial charge is 0.385 e. The smallest absolute Gasteiger partial charge is 0.221 e. The number of carbonyl (C=O) groups excluding carboxylic acids is 1. The molecule has 0 rings (SSSR count). The number of ether oxygens (including phenoxy) is 1. The van der Waals surface area contributed by atoms with Crippen LogP contribution in [-0.2, 0) is 9.53 Å². The Morgan fingerprint density at radius 3 is 2.67 bits per heavy atom. The highest BCUT2D eigenvalue weighted by Gasteiger charge is 2.10. The van der Waals surface area contributed by atoms with Crippen LogP contribution in [0.25, 0.3) is 0 Å². The lowest BCUT2D eigenvalue weighted by molar-refractivity contribution is -0.122. The van der Waals surface area contributed by atoms with Crippen molar-refractivity contribution < 1.29 is 9.53 Å². The van der Waals surface area contributed by atoms with Gasteiger partial charge < -0.3 is 15.8 Å². The van der Waals surface area contributed by atoms with E-state index in [1.54, 1.807) is 7.11 Å². The number of nitrogens with one attached hydrogen (secondary N) is 1. The van der Waals surface area contributed by atoms with Crippen molar-refractivity contribution in [3.63, 3.8) is 0 Å². The lowest BCUT2D eigenvalue weighted by atomic mass is 10.1. The Balaban J connectivity index is 3.63. The highest BCUT2D eigenvalue weighted by molar-refractivity contribution is 5.76. The van der Waals surface area contributed by atoms with Crippen LogP contribution in [0.4, 0.5) is 0 Å². The van der Waals surface area contributed by atoms with Crippen LogP contribution in [0.1, 0.15) is 39.5 Å². The first-order chi connectivity index (χ1) is 7.10. The van der Waals surface area contributed by atoms with Gasteiger partial charge in [0, 0.05) is 32.2 Å². The van der Waals surface area contributed by atoms with Gasteiger partial charge >= 0.3 is 0 Å². The summed E-state index contributed by atoms with van der Waals surface area (Å²) < 4.78 is 4.94. The number of hydrogen-bond acceptors (Lipinski definition) is 3. The molecule has 15 heavy (non-hydrogen) atoms. The molecule has 90 valence electrons. The van der Waals surface area contributed by atoms with Gasteiger partial charge in [-0.15, -0.1) is 0 Å². The summed E-state index contributed by atoms with van der Waals surface area (Å²) >= 11 is 0. The number of nitrogens with two attached hydrogens (primary N) is 1. The fourth-order valence-electron chi connectivity index (χ4n) is 1.41. The van der Waals surface area contributed by atoms with Crippen LogP contribution < -0.4 is 11.1 Å². The van der Waals surface area contributed by atoms with Crippen LogP contribution in [-0.4, -0.2) is 31.7 Å². The molecular formula is C11H24N2O2. The van der Waals surface area contributed by atoms with Gasteiger partial charge in [0.1, 0.15) is 0 Å². The second-order valence-corrected chi connectivity index (χ2v) is 4.00. The lowest BCUT2D eigenvalue weighted by Gasteiger charge is -2.15. The topological polar surface area (TPSA) is 64.4 Å². The van der Waals surface area contributed by atoms with E-state index in [-0.39, 0.29) is 18.0 Å². The van der Waals surface area contributed by atoms with Gasteiger partial charge in [-0.05, 0) is 19.8 Å². The van der Waals surface area contributed by atoms with Crippen LogP contribution in [0.2, 0.25) is 0 Å². The molecule has 4 nitrogen and oxygen atoms in total. The Morgan fingerprint density at radius 1 is 1.47 bits per heavy atom. The second-order valence-electron chi connectivity index (χ2n) is 4.00. The highest BCUT2D eigenvalue weighted by Crippen LogP contribution is 1.99. The molecule has 0 aliphatic carbocycles. The molecule has 0 bridgehead atoms. The predicted octanol–water partition coefficient (Wildman–Crippen LogP) is 1.05. The fraction of sp³-hybridized carbons (Fsp3) is 0.909. The number of hydrogen-bond donors (Lipinski definition) is 2. The third-order valence-corrected chi connectivity index (χ3v) is 2.27. The average Bonchev–Trinajstić information content (AvgIpc) is 2.14. The molecule has 0 heterocycles. The van der Waals surface area contributed by atoms with Crippen LogP contribution in [0.3, 0.4) is 0 Å². The minimum absolute atomic E-state index is 0.00961. The minimum atomic E-state index is -0.00961. The Labute approximate surface area is 92.6 Å². The standard InChI is InChI=1S/C11H24N2O2/c1-4-5-10(12)8-11(14)13-9(2)6-7-15-3/h9-10H,4-8,12H2,1-3H3,(H,13,14). The first-order valence-electron chi connectivity index (χ1n) is 5.64. The van der Waals surface area contributed by atoms with Crippen molar-refractivity contribution in [2.24, 2.45) is 5.73 Å². The number of carbonyl (C=O) groups is 1. The molecule has 0 aromatic rings. The monoisotopic (exact) mass is 216 g/mol. The Hall–Kier alpha value is -0.610. The number of rotatable bonds is 8. The summed E-state index contributed by atoms with van der Waals surface area (Å²) in [6, 6.07) is 0.149. The van der Waals surface area contributed by atoms with E-state index < -0.39 is 0 Å². The molecule has 0 aromatic carbocycles. The van der Waals surface area contributed by atoms with Crippen molar-refractivity contribution in [2.75, 3.05) is 13.7 Å². The molecule has 0 aliphatic rings. The van der Waals surface area contributed by atoms with Gasteiger partial charge in [-0.2, -0.15) is 0 Å². The normalized spacial score (nSPS) is 14.7. The summed E-state index contributed by atoms with van der Waals surface area (Å²) in [6.07, 6.45) is 3.18. The molecule has 0 saturated heterocycles. The van der Waals surface area contributed by atoms with Gasteiger partial charge in [0.05, 0.1) is 0 Å². The van der Waals surface area contributed by atoms with Crippen LogP contribution in [0.5, 0.6) is 0 Å². The Kier molecular flexibility index (Phi) is 8.33. The summed E-state index contributed by atoms with van der Waals surface area (Å²) in [5.41, 5.74) is 5.78. The predicted molar refractivity (Wildman–Crippen MR) is 61.6 cm³/mol. The molecule has 0 aromatic heterocycles. The zero-order valence-corrected chi connectivity index (χ0v) is 10.1. The van der Waals surface area contributed by atoms with Gasteiger partial charge in [0.25, 0.3) is 0 Å². The molecule has 0 radical (unpaired) electrons. The van der Waals surface area contributed by atoms with Crippen molar-refractivity contribution in [1.82, 2.24) is 5.32 Å². The van der Waals surface area contributed by atoms with E-state index in [1.807, 2.05) is 6.92 Å². The summed E-state index contributed by atoms with van der Waals surface area (Å²) in [6.45, 7) is 4.71. The molecule has 2 atom stereocenters. The van der Waals surface area contributed by atoms with E-state index in [4.69, 9.17) is 10.5 Å². The molecule has 1 amide bonds. The van der Waals surface area contributed by atoms with Gasteiger partial charge in [-0.1, -0.05) is 13.3 Å². The van der Waals surface area contributed by atoms with Crippen molar-refractivity contribution >= 4 is 5.91 Å². The van der Waals surface area contributed by atoms with E-state index in [0.29, 0.717) is 13.0 Å². The van der Waals surface area contributed by atoms with Crippen molar-refractivity contribution in [1.29, 1.82) is 0 Å².